The molecule has 0 aromatic heterocycles. The van der Waals surface area contributed by atoms with Crippen molar-refractivity contribution in [2.24, 2.45) is 0 Å². The Labute approximate surface area is 608 Å². The Hall–Kier alpha value is -4.91. The number of aliphatic hydroxyl groups is 1. The summed E-state index contributed by atoms with van der Waals surface area (Å²) in [5.41, 5.74) is 6.57. The fraction of sp³-hybridized carbons (Fsp3) is 0.175. The molecular weight excluding hydrogens is 1290 g/mol. The first kappa shape index (κ1) is 79.3. The Bertz CT molecular complexity index is 4530. The summed E-state index contributed by atoms with van der Waals surface area (Å²) in [6.45, 7) is 9.34. The second-order valence-electron chi connectivity index (χ2n) is 19.1. The fourth-order valence-electron chi connectivity index (χ4n) is 9.19. The van der Waals surface area contributed by atoms with Crippen LogP contribution in [0, 0.1) is 53.7 Å². The zero-order valence-corrected chi connectivity index (χ0v) is 61.6. The van der Waals surface area contributed by atoms with Crippen LogP contribution in [0.5, 0.6) is 0 Å². The van der Waals surface area contributed by atoms with E-state index in [1.54, 1.807) is 61.9 Å². The number of carbonyl (C=O) groups is 3. The first-order valence-electron chi connectivity index (χ1n) is 25.3. The maximum atomic E-state index is 14.5. The second-order valence-corrected chi connectivity index (χ2v) is 25.4. The van der Waals surface area contributed by atoms with E-state index in [4.69, 9.17) is 9.52 Å². The molecule has 0 fully saturated rings. The molecule has 1 aliphatic heterocycles. The van der Waals surface area contributed by atoms with Gasteiger partial charge in [-0.2, -0.15) is 49.5 Å². The third-order valence-corrected chi connectivity index (χ3v) is 17.2. The molecule has 452 valence electrons. The van der Waals surface area contributed by atoms with E-state index >= 15 is 0 Å². The molecular formula is C57H54N8Na4O17S4. The van der Waals surface area contributed by atoms with Crippen LogP contribution in [0.15, 0.2) is 128 Å². The predicted molar refractivity (Wildman–Crippen MR) is 315 cm³/mol. The molecule has 0 saturated heterocycles. The standard InChI is InChI=1S/C54H49N7O13S3.C3H6NO4S.4Na/c1-29-23-31(3)51(60-53(64)57-35-13-8-7-9-14-35)33(5)49(29)56-37-19-20-39-43(26-37)74-44-28-42(46(75(66,67)55-22-21-47(62)63)27-41(44)48(39)40-17-10-11-18-45(40)77(71,72)73)59-50-30(2)24-32(4)52(34(50)6)61-54(65)58-36-15-12-16-38(25-36)76(68,69)70;5-1-2-9(7,8)4-3-6;;;;/h7-8,10-18,20,23-28,55-56H,21-22H2,1-6H3,(H,62,63)(H2,57,60,64)(H2,58,61,65)(H,68,69,70)(H,71,72,73);4,6H,2-3H2;;;;/q-2;-1;4*+1/p-1. The zero-order chi connectivity index (χ0) is 63.1. The Balaban J connectivity index is 0.00000151. The average molecular weight is 1340 g/mol. The maximum Gasteiger partial charge on any atom is 1.00 e. The van der Waals surface area contributed by atoms with Crippen molar-refractivity contribution in [2.45, 2.75) is 62.6 Å². The van der Waals surface area contributed by atoms with E-state index in [9.17, 15) is 67.1 Å². The number of carbonyl (C=O) groups excluding carboxylic acids is 4. The number of nitrogens with one attached hydrogen (secondary N) is 8. The van der Waals surface area contributed by atoms with E-state index in [1.807, 2.05) is 26.8 Å². The molecule has 33 heteroatoms. The molecule has 6 aromatic rings. The van der Waals surface area contributed by atoms with Crippen LogP contribution < -0.4 is 170 Å². The molecule has 0 saturated carbocycles. The molecule has 0 radical (unpaired) electrons. The van der Waals surface area contributed by atoms with Gasteiger partial charge in [-0.1, -0.05) is 52.7 Å². The molecule has 1 heterocycles. The van der Waals surface area contributed by atoms with Gasteiger partial charge in [-0.25, -0.2) is 50.8 Å². The number of benzene rings is 7. The largest absolute Gasteiger partial charge is 1.00 e. The number of fused-ring (bicyclic) bond motifs is 2. The number of rotatable bonds is 19. The Kier molecular flexibility index (Phi) is 29.8. The third kappa shape index (κ3) is 20.3. The van der Waals surface area contributed by atoms with Gasteiger partial charge in [0.25, 0.3) is 10.1 Å². The summed E-state index contributed by atoms with van der Waals surface area (Å²) in [5, 5.41) is 33.9. The smallest absolute Gasteiger partial charge is 0.744 e. The van der Waals surface area contributed by atoms with Crippen LogP contribution in [0.3, 0.4) is 0 Å². The van der Waals surface area contributed by atoms with Crippen molar-refractivity contribution in [1.29, 1.82) is 0 Å². The topological polar surface area (TPSA) is 403 Å². The minimum absolute atomic E-state index is 0. The Morgan fingerprint density at radius 2 is 1.28 bits per heavy atom. The third-order valence-electron chi connectivity index (χ3n) is 12.9. The van der Waals surface area contributed by atoms with Crippen LogP contribution in [-0.2, 0) is 49.9 Å². The summed E-state index contributed by atoms with van der Waals surface area (Å²) in [6.07, 6.45) is 0.488. The number of aliphatic carboxylic acids is 1. The SMILES string of the molecule is Cc1cc(C)c(Nc2[c-]cc3c(-c4ccccc4S(=O)(=O)O)c4cc(S(=O)(=O)NCCC(=O)[O-])c(=[NH+]c5c(C)cc(C)c(NC(=O)Nc6cccc(S(=O)(=O)[O-])c6)c5C)cc-4oc3c2)c(C)c1NC(=O)Nc1c[c-]ccc1.O=[C-]CS(=O)(=O)NCO.[Na+].[Na+].[Na+].[Na+]. The molecule has 90 heavy (non-hydrogen) atoms. The predicted octanol–water partition coefficient (Wildman–Crippen LogP) is -7.45. The quantitative estimate of drug-likeness (QED) is 0.0118. The van der Waals surface area contributed by atoms with E-state index in [0.717, 1.165) is 23.3 Å². The number of hydrogen-bond acceptors (Lipinski definition) is 17. The molecule has 10 N–H and O–H groups in total. The van der Waals surface area contributed by atoms with E-state index in [2.05, 4.69) is 48.4 Å². The molecule has 2 aliphatic rings. The van der Waals surface area contributed by atoms with Crippen molar-refractivity contribution < 1.29 is 200 Å². The summed E-state index contributed by atoms with van der Waals surface area (Å²) in [5.74, 6) is -2.27. The number of carboxylic acids is 1. The van der Waals surface area contributed by atoms with Gasteiger partial charge in [0.1, 0.15) is 27.5 Å². The van der Waals surface area contributed by atoms with Crippen LogP contribution in [0.2, 0.25) is 0 Å². The van der Waals surface area contributed by atoms with Crippen LogP contribution >= 0.6 is 0 Å². The summed E-state index contributed by atoms with van der Waals surface area (Å²) < 4.78 is 132. The van der Waals surface area contributed by atoms with Gasteiger partial charge in [-0.05, 0) is 112 Å². The Morgan fingerprint density at radius 1 is 0.667 bits per heavy atom. The van der Waals surface area contributed by atoms with Gasteiger partial charge in [0, 0.05) is 52.6 Å². The number of urea groups is 2. The van der Waals surface area contributed by atoms with Gasteiger partial charge >= 0.3 is 130 Å². The summed E-state index contributed by atoms with van der Waals surface area (Å²) >= 11 is 0. The average Bonchev–Trinajstić information content (AvgIpc) is 0.829. The van der Waals surface area contributed by atoms with E-state index in [0.29, 0.717) is 50.7 Å². The van der Waals surface area contributed by atoms with Crippen LogP contribution in [0.25, 0.3) is 33.4 Å². The molecule has 1 aliphatic carbocycles. The number of amides is 4. The van der Waals surface area contributed by atoms with Crippen molar-refractivity contribution in [1.82, 2.24) is 9.44 Å². The first-order chi connectivity index (χ1) is 40.4. The van der Waals surface area contributed by atoms with Crippen LogP contribution in [0.4, 0.5) is 49.4 Å². The molecule has 25 nitrogen and oxygen atoms in total. The number of hydrogen-bond donors (Lipinski definition) is 10. The van der Waals surface area contributed by atoms with Crippen molar-refractivity contribution in [3.63, 3.8) is 0 Å². The van der Waals surface area contributed by atoms with Crippen molar-refractivity contribution >= 4 is 115 Å². The van der Waals surface area contributed by atoms with Gasteiger partial charge in [-0.3, -0.25) is 4.55 Å². The number of sulfonamides is 2. The molecule has 0 atom stereocenters. The van der Waals surface area contributed by atoms with Crippen molar-refractivity contribution in [2.75, 3.05) is 45.6 Å². The summed E-state index contributed by atoms with van der Waals surface area (Å²) in [4.78, 5) is 49.1. The van der Waals surface area contributed by atoms with Gasteiger partial charge in [0.2, 0.25) is 21.1 Å². The van der Waals surface area contributed by atoms with Crippen LogP contribution in [0.1, 0.15) is 39.8 Å². The first-order valence-corrected chi connectivity index (χ1v) is 31.3. The zero-order valence-electron chi connectivity index (χ0n) is 50.4. The number of aryl methyl sites for hydroxylation is 4. The molecule has 0 unspecified atom stereocenters. The van der Waals surface area contributed by atoms with E-state index < -0.39 is 98.5 Å². The normalized spacial score (nSPS) is 11.5. The van der Waals surface area contributed by atoms with Crippen molar-refractivity contribution in [3.05, 3.63) is 160 Å². The van der Waals surface area contributed by atoms with Crippen LogP contribution in [-0.4, -0.2) is 91.2 Å². The van der Waals surface area contributed by atoms with Gasteiger partial charge in [-0.15, -0.1) is 12.1 Å². The van der Waals surface area contributed by atoms with Gasteiger partial charge < -0.3 is 55.4 Å². The van der Waals surface area contributed by atoms with E-state index in [-0.39, 0.29) is 168 Å². The number of aliphatic hydroxyl groups excluding tert-OH is 1. The van der Waals surface area contributed by atoms with Gasteiger partial charge in [0.15, 0.2) is 14.9 Å². The maximum absolute atomic E-state index is 14.5. The monoisotopic (exact) mass is 1340 g/mol. The second kappa shape index (κ2) is 33.8. The molecule has 0 spiro atoms. The molecule has 4 amide bonds. The van der Waals surface area contributed by atoms with Crippen molar-refractivity contribution in [3.8, 4) is 22.5 Å². The molecule has 8 rings (SSSR count). The molecule has 0 bridgehead atoms. The van der Waals surface area contributed by atoms with E-state index in [1.165, 1.54) is 60.9 Å². The number of anilines is 6. The summed E-state index contributed by atoms with van der Waals surface area (Å²) in [6, 6.07) is 31.1. The minimum atomic E-state index is -4.94. The minimum Gasteiger partial charge on any atom is -0.744 e. The van der Waals surface area contributed by atoms with Gasteiger partial charge in [0.05, 0.1) is 22.3 Å². The summed E-state index contributed by atoms with van der Waals surface area (Å²) in [7, 11) is -18.1. The number of carboxylic acid groups (broad SMARTS) is 1. The fourth-order valence-corrected chi connectivity index (χ4v) is 12.1. The Morgan fingerprint density at radius 3 is 1.88 bits per heavy atom. The molecule has 6 aromatic carbocycles.